The highest BCUT2D eigenvalue weighted by Gasteiger charge is 2.28. The number of amides is 1. The van der Waals surface area contributed by atoms with E-state index in [0.717, 1.165) is 36.4 Å². The van der Waals surface area contributed by atoms with Crippen molar-refractivity contribution in [1.82, 2.24) is 5.32 Å². The molecule has 1 amide bonds. The van der Waals surface area contributed by atoms with E-state index in [1.165, 1.54) is 36.4 Å². The maximum absolute atomic E-state index is 13.8. The molecule has 0 saturated heterocycles. The van der Waals surface area contributed by atoms with Crippen molar-refractivity contribution in [1.29, 1.82) is 0 Å². The SMILES string of the molecule is CCOC(=O)CNC(=O)c1ccc(S(=O)(=O)N(Oc2ccc(F)cc2)c2cccc(F)c2)cc1. The van der Waals surface area contributed by atoms with Crippen LogP contribution in [0.3, 0.4) is 0 Å². The number of anilines is 1. The molecule has 1 N–H and O–H groups in total. The second kappa shape index (κ2) is 10.8. The molecule has 0 heterocycles. The van der Waals surface area contributed by atoms with Crippen LogP contribution in [0.25, 0.3) is 0 Å². The Morgan fingerprint density at radius 1 is 0.941 bits per heavy atom. The molecule has 3 aromatic carbocycles. The lowest BCUT2D eigenvalue weighted by atomic mass is 10.2. The number of esters is 1. The van der Waals surface area contributed by atoms with Crippen molar-refractivity contribution in [3.05, 3.63) is 90.0 Å². The van der Waals surface area contributed by atoms with Crippen molar-refractivity contribution in [2.45, 2.75) is 11.8 Å². The number of rotatable bonds is 9. The van der Waals surface area contributed by atoms with Crippen molar-refractivity contribution in [3.8, 4) is 5.75 Å². The molecular weight excluding hydrogens is 470 g/mol. The van der Waals surface area contributed by atoms with Crippen LogP contribution < -0.4 is 14.6 Å². The zero-order valence-corrected chi connectivity index (χ0v) is 18.7. The molecule has 3 aromatic rings. The molecule has 3 rings (SSSR count). The van der Waals surface area contributed by atoms with E-state index < -0.39 is 33.5 Å². The fourth-order valence-corrected chi connectivity index (χ4v) is 4.01. The number of ether oxygens (including phenoxy) is 1. The van der Waals surface area contributed by atoms with Crippen molar-refractivity contribution in [2.24, 2.45) is 0 Å². The molecule has 0 radical (unpaired) electrons. The van der Waals surface area contributed by atoms with E-state index in [2.05, 4.69) is 5.32 Å². The molecule has 0 aliphatic carbocycles. The number of hydrogen-bond donors (Lipinski definition) is 1. The number of nitrogens with one attached hydrogen (secondary N) is 1. The summed E-state index contributed by atoms with van der Waals surface area (Å²) in [6.07, 6.45) is 0. The number of halogens is 2. The molecule has 0 fully saturated rings. The second-order valence-electron chi connectivity index (χ2n) is 6.77. The van der Waals surface area contributed by atoms with Crippen molar-refractivity contribution >= 4 is 27.6 Å². The van der Waals surface area contributed by atoms with Gasteiger partial charge in [0.1, 0.15) is 18.2 Å². The summed E-state index contributed by atoms with van der Waals surface area (Å²) < 4.78 is 58.9. The zero-order valence-electron chi connectivity index (χ0n) is 17.9. The topological polar surface area (TPSA) is 102 Å². The first kappa shape index (κ1) is 24.6. The lowest BCUT2D eigenvalue weighted by molar-refractivity contribution is -0.141. The summed E-state index contributed by atoms with van der Waals surface area (Å²) in [6, 6.07) is 14.1. The average Bonchev–Trinajstić information content (AvgIpc) is 2.82. The summed E-state index contributed by atoms with van der Waals surface area (Å²) in [5, 5.41) is 2.36. The van der Waals surface area contributed by atoms with Gasteiger partial charge in [0.25, 0.3) is 15.9 Å². The predicted molar refractivity (Wildman–Crippen MR) is 119 cm³/mol. The highest BCUT2D eigenvalue weighted by atomic mass is 32.2. The monoisotopic (exact) mass is 490 g/mol. The third-order valence-electron chi connectivity index (χ3n) is 4.35. The van der Waals surface area contributed by atoms with Gasteiger partial charge in [-0.15, -0.1) is 0 Å². The standard InChI is InChI=1S/C23H20F2N2O6S/c1-2-32-22(28)15-26-23(29)16-6-12-21(13-7-16)34(30,31)27(19-5-3-4-18(25)14-19)33-20-10-8-17(24)9-11-20/h3-14H,2,15H2,1H3,(H,26,29). The van der Waals surface area contributed by atoms with Gasteiger partial charge in [-0.2, -0.15) is 8.42 Å². The second-order valence-corrected chi connectivity index (χ2v) is 8.52. The van der Waals surface area contributed by atoms with Gasteiger partial charge < -0.3 is 14.9 Å². The third kappa shape index (κ3) is 6.07. The molecule has 0 saturated carbocycles. The molecule has 0 aliphatic rings. The Kier molecular flexibility index (Phi) is 7.79. The maximum Gasteiger partial charge on any atom is 0.325 e. The number of hydrogen-bond acceptors (Lipinski definition) is 6. The minimum Gasteiger partial charge on any atom is -0.465 e. The van der Waals surface area contributed by atoms with E-state index in [-0.39, 0.29) is 35.0 Å². The number of sulfonamides is 1. The van der Waals surface area contributed by atoms with Gasteiger partial charge in [0.05, 0.1) is 17.2 Å². The van der Waals surface area contributed by atoms with Crippen molar-refractivity contribution in [3.63, 3.8) is 0 Å². The van der Waals surface area contributed by atoms with Crippen LogP contribution in [0.5, 0.6) is 5.75 Å². The van der Waals surface area contributed by atoms with Crippen LogP contribution >= 0.6 is 0 Å². The quantitative estimate of drug-likeness (QED) is 0.364. The maximum atomic E-state index is 13.8. The van der Waals surface area contributed by atoms with Crippen molar-refractivity contribution < 1.29 is 36.4 Å². The Morgan fingerprint density at radius 2 is 1.62 bits per heavy atom. The zero-order chi connectivity index (χ0) is 24.7. The van der Waals surface area contributed by atoms with E-state index in [1.807, 2.05) is 0 Å². The summed E-state index contributed by atoms with van der Waals surface area (Å²) in [6.45, 7) is 1.46. The van der Waals surface area contributed by atoms with E-state index in [9.17, 15) is 26.8 Å². The molecule has 0 atom stereocenters. The molecule has 0 bridgehead atoms. The van der Waals surface area contributed by atoms with E-state index >= 15 is 0 Å². The summed E-state index contributed by atoms with van der Waals surface area (Å²) in [5.74, 6) is -2.48. The Balaban J connectivity index is 1.87. The van der Waals surface area contributed by atoms with Crippen LogP contribution in [0.1, 0.15) is 17.3 Å². The van der Waals surface area contributed by atoms with Gasteiger partial charge >= 0.3 is 5.97 Å². The highest BCUT2D eigenvalue weighted by Crippen LogP contribution is 2.27. The van der Waals surface area contributed by atoms with Gasteiger partial charge in [0.15, 0.2) is 5.75 Å². The normalized spacial score (nSPS) is 10.9. The first-order valence-electron chi connectivity index (χ1n) is 9.99. The Hall–Kier alpha value is -3.99. The molecule has 8 nitrogen and oxygen atoms in total. The van der Waals surface area contributed by atoms with E-state index in [4.69, 9.17) is 9.57 Å². The van der Waals surface area contributed by atoms with Gasteiger partial charge in [-0.3, -0.25) is 9.59 Å². The number of carbonyl (C=O) groups excluding carboxylic acids is 2. The minimum atomic E-state index is -4.41. The summed E-state index contributed by atoms with van der Waals surface area (Å²) in [4.78, 5) is 28.8. The lowest BCUT2D eigenvalue weighted by Crippen LogP contribution is -2.34. The lowest BCUT2D eigenvalue weighted by Gasteiger charge is -2.24. The van der Waals surface area contributed by atoms with Gasteiger partial charge in [-0.05, 0) is 67.6 Å². The van der Waals surface area contributed by atoms with Gasteiger partial charge in [0, 0.05) is 11.6 Å². The number of benzene rings is 3. The van der Waals surface area contributed by atoms with Gasteiger partial charge in [-0.25, -0.2) is 8.78 Å². The third-order valence-corrected chi connectivity index (χ3v) is 5.94. The molecule has 0 spiro atoms. The molecular formula is C23H20F2N2O6S. The van der Waals surface area contributed by atoms with Gasteiger partial charge in [0.2, 0.25) is 0 Å². The van der Waals surface area contributed by atoms with Gasteiger partial charge in [-0.1, -0.05) is 10.5 Å². The van der Waals surface area contributed by atoms with Crippen LogP contribution in [0.4, 0.5) is 14.5 Å². The average molecular weight is 490 g/mol. The fraction of sp³-hybridized carbons (Fsp3) is 0.130. The molecule has 178 valence electrons. The van der Waals surface area contributed by atoms with Crippen LogP contribution in [0.2, 0.25) is 0 Å². The van der Waals surface area contributed by atoms with Crippen LogP contribution in [0, 0.1) is 11.6 Å². The Bertz CT molecular complexity index is 1270. The molecule has 0 unspecified atom stereocenters. The predicted octanol–water partition coefficient (Wildman–Crippen LogP) is 3.45. The van der Waals surface area contributed by atoms with Crippen LogP contribution in [-0.4, -0.2) is 33.4 Å². The first-order chi connectivity index (χ1) is 16.2. The first-order valence-corrected chi connectivity index (χ1v) is 11.4. The van der Waals surface area contributed by atoms with Crippen LogP contribution in [-0.2, 0) is 19.6 Å². The number of nitrogens with zero attached hydrogens (tertiary/aromatic N) is 1. The molecule has 11 heteroatoms. The van der Waals surface area contributed by atoms with E-state index in [0.29, 0.717) is 4.47 Å². The molecule has 0 aromatic heterocycles. The number of carbonyl (C=O) groups is 2. The Morgan fingerprint density at radius 3 is 2.24 bits per heavy atom. The largest absolute Gasteiger partial charge is 0.465 e. The summed E-state index contributed by atoms with van der Waals surface area (Å²) in [5.41, 5.74) is -0.0411. The van der Waals surface area contributed by atoms with E-state index in [1.54, 1.807) is 6.92 Å². The highest BCUT2D eigenvalue weighted by molar-refractivity contribution is 7.92. The fourth-order valence-electron chi connectivity index (χ4n) is 2.76. The van der Waals surface area contributed by atoms with Crippen LogP contribution in [0.15, 0.2) is 77.7 Å². The summed E-state index contributed by atoms with van der Waals surface area (Å²) in [7, 11) is -4.41. The smallest absolute Gasteiger partial charge is 0.325 e. The molecule has 0 aliphatic heterocycles. The Labute approximate surface area is 194 Å². The summed E-state index contributed by atoms with van der Waals surface area (Å²) >= 11 is 0. The van der Waals surface area contributed by atoms with Crippen molar-refractivity contribution in [2.75, 3.05) is 17.6 Å². The minimum absolute atomic E-state index is 0.0100. The molecule has 34 heavy (non-hydrogen) atoms.